The molecule has 0 aromatic carbocycles. The minimum Gasteiger partial charge on any atom is -0.289 e. The molecule has 1 radical (unpaired) electrons. The van der Waals surface area contributed by atoms with Gasteiger partial charge in [0.1, 0.15) is 0 Å². The Bertz CT molecular complexity index is 12.8. The zero-order valence-electron chi connectivity index (χ0n) is 1.97. The van der Waals surface area contributed by atoms with E-state index in [1.165, 1.54) is 9.88 Å². The third-order valence-corrected chi connectivity index (χ3v) is 0. The molecule has 1 nitrogen and oxygen atoms in total. The Morgan fingerprint density at radius 2 is 1.25 bits per heavy atom. The summed E-state index contributed by atoms with van der Waals surface area (Å²) in [6.45, 7) is 0. The molecule has 0 aliphatic rings. The van der Waals surface area contributed by atoms with Crippen LogP contribution < -0.4 is 0 Å². The van der Waals surface area contributed by atoms with Gasteiger partial charge in [-0.25, -0.2) is 0 Å². The van der Waals surface area contributed by atoms with Gasteiger partial charge in [0.2, 0.25) is 0 Å². The number of hydrogen-bond donors (Lipinski definition) is 0. The molecule has 0 saturated heterocycles. The minimum atomic E-state index is 0. The third kappa shape index (κ3) is 10.0. The first kappa shape index (κ1) is 18.2. The fourth-order valence-corrected chi connectivity index (χ4v) is 0. The molecule has 0 atom stereocenters. The van der Waals surface area contributed by atoms with E-state index in [0.717, 1.165) is 0 Å². The summed E-state index contributed by atoms with van der Waals surface area (Å²) in [5.41, 5.74) is 0. The van der Waals surface area contributed by atoms with Crippen LogP contribution in [0.3, 0.4) is 0 Å². The maximum Gasteiger partial charge on any atom is 0.176 e. The Balaban J connectivity index is -0.00000000500. The van der Waals surface area contributed by atoms with Crippen LogP contribution in [0, 0.1) is 4.89 Å². The van der Waals surface area contributed by atoms with Gasteiger partial charge in [-0.15, -0.1) is 0 Å². The van der Waals surface area contributed by atoms with E-state index in [9.17, 15) is 0 Å². The normalized spacial score (nSPS) is 0.500. The zero-order valence-corrected chi connectivity index (χ0v) is 7.90. The molecule has 0 N–H and O–H groups in total. The zero-order chi connectivity index (χ0) is 2.00. The van der Waals surface area contributed by atoms with Gasteiger partial charge in [-0.05, 0) is 0 Å². The smallest absolute Gasteiger partial charge is 0.176 e. The maximum absolute atomic E-state index is 6.92. The van der Waals surface area contributed by atoms with E-state index in [2.05, 4.69) is 0 Å². The first-order valence-electron chi connectivity index (χ1n) is 0.258. The summed E-state index contributed by atoms with van der Waals surface area (Å²) in [7, 11) is 1.42. The summed E-state index contributed by atoms with van der Waals surface area (Å²) in [4.78, 5) is 6.92. The van der Waals surface area contributed by atoms with E-state index in [-0.39, 0.29) is 44.1 Å². The number of rotatable bonds is 0. The van der Waals surface area contributed by atoms with Crippen molar-refractivity contribution >= 4 is 9.88 Å². The minimum absolute atomic E-state index is 0. The Kier molecular flexibility index (Phi) is 120. The molecule has 0 heterocycles. The quantitative estimate of drug-likeness (QED) is 0.538. The van der Waals surface area contributed by atoms with Crippen LogP contribution in [0.5, 0.6) is 0 Å². The van der Waals surface area contributed by atoms with E-state index in [1.54, 1.807) is 0 Å². The topological polar surface area (TPSA) is 23.8 Å². The molecule has 0 saturated carbocycles. The van der Waals surface area contributed by atoms with E-state index < -0.39 is 0 Å². The molecule has 0 bridgehead atoms. The predicted molar refractivity (Wildman–Crippen MR) is 8.87 cm³/mol. The SMILES string of the molecule is N#[SiH].[Ta].[Ti]. The van der Waals surface area contributed by atoms with Crippen molar-refractivity contribution in [1.29, 1.82) is 4.89 Å². The van der Waals surface area contributed by atoms with Crippen LogP contribution in [0.15, 0.2) is 0 Å². The van der Waals surface area contributed by atoms with Crippen molar-refractivity contribution in [2.45, 2.75) is 0 Å². The van der Waals surface area contributed by atoms with Gasteiger partial charge in [0.15, 0.2) is 9.88 Å². The van der Waals surface area contributed by atoms with Crippen molar-refractivity contribution in [2.24, 2.45) is 0 Å². The molecule has 0 unspecified atom stereocenters. The Morgan fingerprint density at radius 1 is 1.25 bits per heavy atom. The van der Waals surface area contributed by atoms with Crippen LogP contribution in [-0.2, 0) is 44.1 Å². The summed E-state index contributed by atoms with van der Waals surface area (Å²) in [6.07, 6.45) is 0. The summed E-state index contributed by atoms with van der Waals surface area (Å²) < 4.78 is 0. The maximum atomic E-state index is 6.92. The molecular formula is HNSiTaTi. The Morgan fingerprint density at radius 3 is 1.25 bits per heavy atom. The second kappa shape index (κ2) is 26.3. The Hall–Kier alpha value is 1.38. The average molecular weight is 272 g/mol. The number of nitrogens with zero attached hydrogens (tertiary/aromatic N) is 1. The van der Waals surface area contributed by atoms with Gasteiger partial charge in [0.25, 0.3) is 0 Å². The average Bonchev–Trinajstić information content (AvgIpc) is 1.00. The van der Waals surface area contributed by atoms with Gasteiger partial charge in [-0.2, -0.15) is 0 Å². The second-order valence-electron chi connectivity index (χ2n) is 0. The molecule has 4 heteroatoms. The standard InChI is InChI=1S/HNSi.Ta.Ti/c1-2;;/h2H;;. The van der Waals surface area contributed by atoms with Crippen LogP contribution in [-0.4, -0.2) is 9.88 Å². The Labute approximate surface area is 58.6 Å². The largest absolute Gasteiger partial charge is 0.289 e. The summed E-state index contributed by atoms with van der Waals surface area (Å²) in [6, 6.07) is 0. The first-order valence-corrected chi connectivity index (χ1v) is 0.775. The van der Waals surface area contributed by atoms with E-state index in [4.69, 9.17) is 4.89 Å². The van der Waals surface area contributed by atoms with Crippen molar-refractivity contribution in [3.63, 3.8) is 0 Å². The molecule has 0 fully saturated rings. The summed E-state index contributed by atoms with van der Waals surface area (Å²) in [5.74, 6) is 0. The molecule has 0 rings (SSSR count). The van der Waals surface area contributed by atoms with Crippen molar-refractivity contribution in [3.8, 4) is 0 Å². The van der Waals surface area contributed by atoms with Crippen LogP contribution >= 0.6 is 0 Å². The fraction of sp³-hybridized carbons (Fsp3) is 0. The van der Waals surface area contributed by atoms with Crippen LogP contribution in [0.4, 0.5) is 0 Å². The third-order valence-electron chi connectivity index (χ3n) is 0. The van der Waals surface area contributed by atoms with Gasteiger partial charge in [-0.1, -0.05) is 0 Å². The monoisotopic (exact) mass is 272 g/mol. The molecule has 0 amide bonds. The van der Waals surface area contributed by atoms with E-state index >= 15 is 0 Å². The molecule has 4 heavy (non-hydrogen) atoms. The van der Waals surface area contributed by atoms with Gasteiger partial charge in [0, 0.05) is 44.1 Å². The molecule has 0 aromatic heterocycles. The van der Waals surface area contributed by atoms with Crippen LogP contribution in [0.25, 0.3) is 0 Å². The number of hydrogen-bond acceptors (Lipinski definition) is 1. The van der Waals surface area contributed by atoms with Gasteiger partial charge in [0.05, 0.1) is 0 Å². The summed E-state index contributed by atoms with van der Waals surface area (Å²) >= 11 is 0. The van der Waals surface area contributed by atoms with Crippen molar-refractivity contribution in [2.75, 3.05) is 0 Å². The predicted octanol–water partition coefficient (Wildman–Crippen LogP) is -0.638. The van der Waals surface area contributed by atoms with E-state index in [0.29, 0.717) is 0 Å². The van der Waals surface area contributed by atoms with E-state index in [1.807, 2.05) is 0 Å². The second-order valence-corrected chi connectivity index (χ2v) is 0. The van der Waals surface area contributed by atoms with Crippen LogP contribution in [0.2, 0.25) is 0 Å². The molecule has 0 aliphatic carbocycles. The molecular weight excluding hydrogens is 271 g/mol. The molecule has 0 aliphatic heterocycles. The first-order chi connectivity index (χ1) is 1.00. The van der Waals surface area contributed by atoms with Crippen molar-refractivity contribution in [1.82, 2.24) is 0 Å². The van der Waals surface area contributed by atoms with Crippen molar-refractivity contribution in [3.05, 3.63) is 0 Å². The van der Waals surface area contributed by atoms with Crippen molar-refractivity contribution < 1.29 is 44.1 Å². The molecule has 0 aromatic rings. The van der Waals surface area contributed by atoms with Gasteiger partial charge >= 0.3 is 0 Å². The fourth-order valence-electron chi connectivity index (χ4n) is 0. The molecule has 0 spiro atoms. The van der Waals surface area contributed by atoms with Gasteiger partial charge < -0.3 is 0 Å². The molecule has 19 valence electrons. The van der Waals surface area contributed by atoms with Crippen LogP contribution in [0.1, 0.15) is 0 Å². The van der Waals surface area contributed by atoms with Gasteiger partial charge in [-0.3, -0.25) is 4.89 Å². The summed E-state index contributed by atoms with van der Waals surface area (Å²) in [5, 5.41) is 0.